The van der Waals surface area contributed by atoms with E-state index in [4.69, 9.17) is 0 Å². The zero-order chi connectivity index (χ0) is 38.4. The summed E-state index contributed by atoms with van der Waals surface area (Å²) in [7, 11) is 0. The zero-order valence-corrected chi connectivity index (χ0v) is 29.5. The first-order chi connectivity index (χ1) is 24.7. The quantitative estimate of drug-likeness (QED) is 0.104. The van der Waals surface area contributed by atoms with Crippen molar-refractivity contribution in [1.29, 1.82) is 0 Å². The predicted molar refractivity (Wildman–Crippen MR) is 188 cm³/mol. The Kier molecular flexibility index (Phi) is 15.5. The third-order valence-electron chi connectivity index (χ3n) is 8.71. The second-order valence-electron chi connectivity index (χ2n) is 13.2. The van der Waals surface area contributed by atoms with Crippen LogP contribution in [0.2, 0.25) is 0 Å². The maximum absolute atomic E-state index is 13.8. The molecule has 1 fully saturated rings. The molecule has 2 aromatic carbocycles. The molecular formula is C37H47N5O10. The molecule has 7 N–H and O–H groups in total. The largest absolute Gasteiger partial charge is 0.479 e. The van der Waals surface area contributed by atoms with Crippen molar-refractivity contribution in [2.75, 3.05) is 6.54 Å². The lowest BCUT2D eigenvalue weighted by molar-refractivity contribution is -0.142. The second kappa shape index (κ2) is 19.7. The number of aromatic carboxylic acids is 1. The van der Waals surface area contributed by atoms with Crippen LogP contribution in [0.25, 0.3) is 0 Å². The lowest BCUT2D eigenvalue weighted by atomic mass is 9.95. The van der Waals surface area contributed by atoms with Crippen LogP contribution in [0.1, 0.15) is 98.0 Å². The predicted octanol–water partition coefficient (Wildman–Crippen LogP) is 2.12. The minimum Gasteiger partial charge on any atom is -0.479 e. The van der Waals surface area contributed by atoms with E-state index < -0.39 is 78.0 Å². The summed E-state index contributed by atoms with van der Waals surface area (Å²) in [5, 5.41) is 31.6. The van der Waals surface area contributed by atoms with Gasteiger partial charge in [0.05, 0.1) is 23.7 Å². The summed E-state index contributed by atoms with van der Waals surface area (Å²) in [6.07, 6.45) is 3.50. The summed E-state index contributed by atoms with van der Waals surface area (Å²) in [6, 6.07) is 8.62. The van der Waals surface area contributed by atoms with Crippen molar-refractivity contribution >= 4 is 47.3 Å². The van der Waals surface area contributed by atoms with Crippen molar-refractivity contribution < 1.29 is 48.6 Å². The van der Waals surface area contributed by atoms with Crippen molar-refractivity contribution in [3.63, 3.8) is 0 Å². The van der Waals surface area contributed by atoms with Gasteiger partial charge in [0.25, 0.3) is 11.8 Å². The van der Waals surface area contributed by atoms with Crippen LogP contribution in [0.15, 0.2) is 54.6 Å². The Balaban J connectivity index is 1.70. The molecule has 0 saturated heterocycles. The van der Waals surface area contributed by atoms with E-state index in [9.17, 15) is 48.6 Å². The Morgan fingerprint density at radius 3 is 1.92 bits per heavy atom. The molecule has 15 heteroatoms. The van der Waals surface area contributed by atoms with E-state index in [0.717, 1.165) is 12.8 Å². The van der Waals surface area contributed by atoms with Gasteiger partial charge in [-0.3, -0.25) is 28.8 Å². The van der Waals surface area contributed by atoms with Gasteiger partial charge in [0.15, 0.2) is 6.04 Å². The number of carbonyl (C=O) groups is 8. The average molecular weight is 722 g/mol. The van der Waals surface area contributed by atoms with Gasteiger partial charge in [-0.2, -0.15) is 0 Å². The maximum atomic E-state index is 13.8. The minimum absolute atomic E-state index is 0.0609. The van der Waals surface area contributed by atoms with Gasteiger partial charge < -0.3 is 36.8 Å². The topological polar surface area (TPSA) is 237 Å². The third-order valence-corrected chi connectivity index (χ3v) is 8.71. The van der Waals surface area contributed by atoms with Crippen LogP contribution in [0, 0.1) is 11.8 Å². The molecule has 0 heterocycles. The van der Waals surface area contributed by atoms with Crippen molar-refractivity contribution in [3.05, 3.63) is 71.3 Å². The van der Waals surface area contributed by atoms with Crippen LogP contribution >= 0.6 is 0 Å². The van der Waals surface area contributed by atoms with E-state index in [2.05, 4.69) is 26.6 Å². The van der Waals surface area contributed by atoms with Gasteiger partial charge in [-0.1, -0.05) is 82.5 Å². The summed E-state index contributed by atoms with van der Waals surface area (Å²) in [4.78, 5) is 103. The summed E-state index contributed by atoms with van der Waals surface area (Å²) in [6.45, 7) is 4.68. The molecule has 2 aromatic rings. The van der Waals surface area contributed by atoms with Crippen LogP contribution in [0.3, 0.4) is 0 Å². The van der Waals surface area contributed by atoms with Gasteiger partial charge in [-0.15, -0.1) is 0 Å². The SMILES string of the molecule is CCCC(NC(=O)[C@H](CC(C)C)NC(=O)[C@@H](NC(=O)c1ccccc1C(=O)O)C1CCCC1)C(=O)C(=O)NCC(=O)N[C@H](C(=O)O)c1ccccc1. The van der Waals surface area contributed by atoms with E-state index in [1.165, 1.54) is 36.4 Å². The molecule has 0 bridgehead atoms. The van der Waals surface area contributed by atoms with E-state index >= 15 is 0 Å². The van der Waals surface area contributed by atoms with Crippen LogP contribution < -0.4 is 26.6 Å². The molecule has 0 spiro atoms. The number of carboxylic acids is 2. The van der Waals surface area contributed by atoms with E-state index in [1.54, 1.807) is 25.1 Å². The van der Waals surface area contributed by atoms with Gasteiger partial charge in [0, 0.05) is 0 Å². The third kappa shape index (κ3) is 11.7. The molecule has 0 radical (unpaired) electrons. The minimum atomic E-state index is -1.39. The van der Waals surface area contributed by atoms with Crippen molar-refractivity contribution in [2.24, 2.45) is 11.8 Å². The number of carbonyl (C=O) groups excluding carboxylic acids is 6. The van der Waals surface area contributed by atoms with Gasteiger partial charge in [0.1, 0.15) is 12.1 Å². The number of benzene rings is 2. The van der Waals surface area contributed by atoms with Crippen LogP contribution in [-0.4, -0.2) is 82.1 Å². The van der Waals surface area contributed by atoms with Crippen LogP contribution in [-0.2, 0) is 28.8 Å². The number of Topliss-reactive ketones (excluding diaryl/α,β-unsaturated/α-hetero) is 1. The monoisotopic (exact) mass is 721 g/mol. The van der Waals surface area contributed by atoms with E-state index in [1.807, 2.05) is 13.8 Å². The standard InChI is InChI=1S/C37H47N5O10/c1-4-12-26(31(44)35(48)38-20-28(43)41-30(37(51)52)23-13-6-5-7-14-23)39-33(46)27(19-21(2)3)40-34(47)29(22-15-8-9-16-22)42-32(45)24-17-10-11-18-25(24)36(49)50/h5-7,10-11,13-14,17-18,21-22,26-27,29-30H,4,8-9,12,15-16,19-20H2,1-3H3,(H,38,48)(H,39,46)(H,40,47)(H,41,43)(H,42,45)(H,49,50)(H,51,52)/t26?,27-,29-,30-/m0/s1. The summed E-state index contributed by atoms with van der Waals surface area (Å²) in [5.74, 6) is -8.20. The average Bonchev–Trinajstić information content (AvgIpc) is 3.65. The van der Waals surface area contributed by atoms with Crippen molar-refractivity contribution in [1.82, 2.24) is 26.6 Å². The Hall–Kier alpha value is -5.60. The molecule has 1 aliphatic carbocycles. The number of rotatable bonds is 19. The molecule has 1 aliphatic rings. The second-order valence-corrected chi connectivity index (χ2v) is 13.2. The molecule has 0 aliphatic heterocycles. The van der Waals surface area contributed by atoms with Crippen LogP contribution in [0.5, 0.6) is 0 Å². The number of nitrogens with one attached hydrogen (secondary N) is 5. The number of aliphatic carboxylic acids is 1. The first-order valence-electron chi connectivity index (χ1n) is 17.4. The van der Waals surface area contributed by atoms with Gasteiger partial charge >= 0.3 is 11.9 Å². The van der Waals surface area contributed by atoms with Gasteiger partial charge in [0.2, 0.25) is 23.5 Å². The molecule has 1 unspecified atom stereocenters. The lowest BCUT2D eigenvalue weighted by Crippen LogP contribution is -2.58. The molecule has 3 rings (SSSR count). The highest BCUT2D eigenvalue weighted by Crippen LogP contribution is 2.28. The number of hydrogen-bond donors (Lipinski definition) is 7. The summed E-state index contributed by atoms with van der Waals surface area (Å²) in [5.41, 5.74) is -0.0348. The highest BCUT2D eigenvalue weighted by molar-refractivity contribution is 6.38. The Morgan fingerprint density at radius 1 is 0.750 bits per heavy atom. The molecule has 52 heavy (non-hydrogen) atoms. The smallest absolute Gasteiger partial charge is 0.336 e. The molecule has 0 aromatic heterocycles. The normalized spacial score (nSPS) is 15.0. The number of hydrogen-bond acceptors (Lipinski definition) is 8. The van der Waals surface area contributed by atoms with Gasteiger partial charge in [-0.05, 0) is 55.2 Å². The zero-order valence-electron chi connectivity index (χ0n) is 29.5. The Bertz CT molecular complexity index is 1620. The highest BCUT2D eigenvalue weighted by Gasteiger charge is 2.36. The Morgan fingerprint density at radius 2 is 1.35 bits per heavy atom. The molecular weight excluding hydrogens is 674 g/mol. The molecule has 5 amide bonds. The molecule has 4 atom stereocenters. The molecule has 280 valence electrons. The first-order valence-corrected chi connectivity index (χ1v) is 17.4. The lowest BCUT2D eigenvalue weighted by Gasteiger charge is -2.28. The van der Waals surface area contributed by atoms with Crippen molar-refractivity contribution in [3.8, 4) is 0 Å². The molecule has 15 nitrogen and oxygen atoms in total. The fourth-order valence-corrected chi connectivity index (χ4v) is 6.12. The number of carboxylic acid groups (broad SMARTS) is 2. The fourth-order valence-electron chi connectivity index (χ4n) is 6.12. The Labute approximate surface area is 301 Å². The number of ketones is 1. The summed E-state index contributed by atoms with van der Waals surface area (Å²) >= 11 is 0. The number of amides is 5. The fraction of sp³-hybridized carbons (Fsp3) is 0.459. The maximum Gasteiger partial charge on any atom is 0.336 e. The molecule has 1 saturated carbocycles. The van der Waals surface area contributed by atoms with E-state index in [-0.39, 0.29) is 35.8 Å². The van der Waals surface area contributed by atoms with E-state index in [0.29, 0.717) is 24.8 Å². The summed E-state index contributed by atoms with van der Waals surface area (Å²) < 4.78 is 0. The van der Waals surface area contributed by atoms with Crippen molar-refractivity contribution in [2.45, 2.75) is 89.9 Å². The van der Waals surface area contributed by atoms with Crippen LogP contribution in [0.4, 0.5) is 0 Å². The highest BCUT2D eigenvalue weighted by atomic mass is 16.4. The van der Waals surface area contributed by atoms with Gasteiger partial charge in [-0.25, -0.2) is 9.59 Å². The first kappa shape index (κ1) is 40.8.